The molecule has 3 aliphatic carbocycles. The van der Waals surface area contributed by atoms with Gasteiger partial charge in [0, 0.05) is 29.9 Å². The van der Waals surface area contributed by atoms with E-state index in [-0.39, 0.29) is 6.04 Å². The molecule has 2 bridgehead atoms. The molecule has 27 heavy (non-hydrogen) atoms. The highest BCUT2D eigenvalue weighted by Gasteiger charge is 2.76. The molecule has 2 heterocycles. The Kier molecular flexibility index (Phi) is 3.08. The molecule has 1 saturated heterocycles. The van der Waals surface area contributed by atoms with Crippen LogP contribution in [0, 0.1) is 5.92 Å². The van der Waals surface area contributed by atoms with Gasteiger partial charge in [0.25, 0.3) is 0 Å². The molecular weight excluding hydrogens is 342 g/mol. The van der Waals surface area contributed by atoms with Crippen molar-refractivity contribution in [3.05, 3.63) is 23.3 Å². The molecule has 3 unspecified atom stereocenters. The third-order valence-corrected chi connectivity index (χ3v) is 9.00. The van der Waals surface area contributed by atoms with E-state index in [1.165, 1.54) is 19.3 Å². The van der Waals surface area contributed by atoms with E-state index in [1.807, 2.05) is 6.07 Å². The van der Waals surface area contributed by atoms with E-state index in [4.69, 9.17) is 4.74 Å². The van der Waals surface area contributed by atoms with Crippen molar-refractivity contribution >= 4 is 0 Å². The Labute approximate surface area is 160 Å². The topological polar surface area (TPSA) is 69.9 Å². The second kappa shape index (κ2) is 5.00. The van der Waals surface area contributed by atoms with Crippen molar-refractivity contribution in [3.8, 4) is 11.5 Å². The second-order valence-corrected chi connectivity index (χ2v) is 10.1. The summed E-state index contributed by atoms with van der Waals surface area (Å²) >= 11 is 0. The standard InChI is InChI=1S/C22H29NO4/c1-23(12-13-3-2-4-13)10-9-21-19-14-11-18(23)22(21,26)8-7-16(25)20(21)27-17(19)6-5-15(14)24/h5-6,13,16,18,20,25-26H,2-4,7-12H2,1H3/p+1/t16-,18?,20?,21-,22?,23+/m0/s1. The van der Waals surface area contributed by atoms with E-state index in [2.05, 4.69) is 7.05 Å². The zero-order chi connectivity index (χ0) is 18.6. The summed E-state index contributed by atoms with van der Waals surface area (Å²) in [7, 11) is 2.32. The molecule has 5 nitrogen and oxygen atoms in total. The monoisotopic (exact) mass is 372 g/mol. The van der Waals surface area contributed by atoms with Crippen LogP contribution in [-0.4, -0.2) is 63.8 Å². The fourth-order valence-corrected chi connectivity index (χ4v) is 7.52. The van der Waals surface area contributed by atoms with Crippen LogP contribution in [0.4, 0.5) is 0 Å². The lowest BCUT2D eigenvalue weighted by atomic mass is 9.48. The quantitative estimate of drug-likeness (QED) is 0.693. The first-order valence-electron chi connectivity index (χ1n) is 10.7. The highest BCUT2D eigenvalue weighted by molar-refractivity contribution is 5.61. The third-order valence-electron chi connectivity index (χ3n) is 9.00. The van der Waals surface area contributed by atoms with E-state index in [0.717, 1.165) is 46.8 Å². The highest BCUT2D eigenvalue weighted by Crippen LogP contribution is 2.66. The zero-order valence-corrected chi connectivity index (χ0v) is 16.0. The number of hydrogen-bond acceptors (Lipinski definition) is 4. The average molecular weight is 372 g/mol. The summed E-state index contributed by atoms with van der Waals surface area (Å²) in [5.74, 6) is 1.85. The summed E-state index contributed by atoms with van der Waals surface area (Å²) in [6.45, 7) is 2.12. The Balaban J connectivity index is 1.56. The molecule has 0 aromatic heterocycles. The van der Waals surface area contributed by atoms with Gasteiger partial charge < -0.3 is 24.5 Å². The van der Waals surface area contributed by atoms with Crippen molar-refractivity contribution in [1.29, 1.82) is 0 Å². The van der Waals surface area contributed by atoms with E-state index < -0.39 is 23.2 Å². The van der Waals surface area contributed by atoms with Gasteiger partial charge in [0.15, 0.2) is 0 Å². The van der Waals surface area contributed by atoms with Crippen molar-refractivity contribution < 1.29 is 24.5 Å². The van der Waals surface area contributed by atoms with Crippen molar-refractivity contribution in [3.63, 3.8) is 0 Å². The van der Waals surface area contributed by atoms with Crippen LogP contribution in [0.5, 0.6) is 11.5 Å². The molecule has 6 rings (SSSR count). The fourth-order valence-electron chi connectivity index (χ4n) is 7.52. The molecular formula is C22H30NO4+. The van der Waals surface area contributed by atoms with Gasteiger partial charge in [0.1, 0.15) is 29.2 Å². The number of likely N-dealkylation sites (N-methyl/N-ethyl adjacent to an activating group) is 1. The lowest BCUT2D eigenvalue weighted by molar-refractivity contribution is -0.952. The molecule has 5 aliphatic rings. The SMILES string of the molecule is C[N@+]1(CC2CCC2)CC[C@@]23c4c5ccc(O)c4CC1C2(O)CC[C@H](O)C3O5. The molecule has 1 aromatic rings. The normalized spacial score (nSPS) is 47.1. The van der Waals surface area contributed by atoms with E-state index in [0.29, 0.717) is 25.0 Å². The van der Waals surface area contributed by atoms with Gasteiger partial charge in [-0.2, -0.15) is 0 Å². The number of hydrogen-bond donors (Lipinski definition) is 3. The number of benzene rings is 1. The average Bonchev–Trinajstić information content (AvgIpc) is 2.95. The van der Waals surface area contributed by atoms with Crippen molar-refractivity contribution in [2.24, 2.45) is 5.92 Å². The second-order valence-electron chi connectivity index (χ2n) is 10.1. The molecule has 2 saturated carbocycles. The number of ether oxygens (including phenoxy) is 1. The molecule has 2 aliphatic heterocycles. The Morgan fingerprint density at radius 3 is 2.78 bits per heavy atom. The highest BCUT2D eigenvalue weighted by atomic mass is 16.5. The van der Waals surface area contributed by atoms with Crippen LogP contribution in [0.1, 0.15) is 49.7 Å². The summed E-state index contributed by atoms with van der Waals surface area (Å²) in [4.78, 5) is 0. The Morgan fingerprint density at radius 2 is 2.04 bits per heavy atom. The van der Waals surface area contributed by atoms with Crippen molar-refractivity contribution in [2.45, 2.75) is 74.2 Å². The van der Waals surface area contributed by atoms with E-state index in [1.54, 1.807) is 6.07 Å². The number of phenols is 1. The predicted molar refractivity (Wildman–Crippen MR) is 99.8 cm³/mol. The van der Waals surface area contributed by atoms with Crippen LogP contribution in [0.15, 0.2) is 12.1 Å². The minimum atomic E-state index is -0.875. The maximum atomic E-state index is 12.3. The van der Waals surface area contributed by atoms with E-state index in [9.17, 15) is 15.3 Å². The summed E-state index contributed by atoms with van der Waals surface area (Å²) in [6, 6.07) is 3.61. The molecule has 5 heteroatoms. The number of piperidine rings is 1. The Hall–Kier alpha value is -1.30. The smallest absolute Gasteiger partial charge is 0.137 e. The Morgan fingerprint density at radius 1 is 1.22 bits per heavy atom. The summed E-state index contributed by atoms with van der Waals surface area (Å²) in [6.07, 6.45) is 5.70. The number of aliphatic hydroxyl groups excluding tert-OH is 1. The maximum Gasteiger partial charge on any atom is 0.137 e. The van der Waals surface area contributed by atoms with Crippen LogP contribution in [0.2, 0.25) is 0 Å². The largest absolute Gasteiger partial charge is 0.508 e. The first-order valence-corrected chi connectivity index (χ1v) is 10.7. The number of aliphatic hydroxyl groups is 2. The molecule has 3 N–H and O–H groups in total. The van der Waals surface area contributed by atoms with Crippen molar-refractivity contribution in [2.75, 3.05) is 20.1 Å². The molecule has 0 radical (unpaired) electrons. The van der Waals surface area contributed by atoms with Crippen LogP contribution in [0.25, 0.3) is 0 Å². The first kappa shape index (κ1) is 16.6. The van der Waals surface area contributed by atoms with Gasteiger partial charge in [-0.3, -0.25) is 0 Å². The molecule has 1 spiro atoms. The maximum absolute atomic E-state index is 12.3. The lowest BCUT2D eigenvalue weighted by Gasteiger charge is -2.65. The number of nitrogens with zero attached hydrogens (tertiary/aromatic N) is 1. The zero-order valence-electron chi connectivity index (χ0n) is 16.0. The fraction of sp³-hybridized carbons (Fsp3) is 0.727. The summed E-state index contributed by atoms with van der Waals surface area (Å²) < 4.78 is 7.15. The number of quaternary nitrogens is 1. The molecule has 0 amide bonds. The minimum absolute atomic E-state index is 0.0530. The molecule has 3 fully saturated rings. The lowest BCUT2D eigenvalue weighted by Crippen LogP contribution is -2.81. The van der Waals surface area contributed by atoms with E-state index >= 15 is 0 Å². The third kappa shape index (κ3) is 1.77. The van der Waals surface area contributed by atoms with Gasteiger partial charge in [-0.15, -0.1) is 0 Å². The molecule has 1 aromatic carbocycles. The van der Waals surface area contributed by atoms with Gasteiger partial charge in [-0.05, 0) is 37.8 Å². The van der Waals surface area contributed by atoms with Crippen molar-refractivity contribution in [1.82, 2.24) is 0 Å². The van der Waals surface area contributed by atoms with Crippen LogP contribution in [-0.2, 0) is 11.8 Å². The Bertz CT molecular complexity index is 823. The summed E-state index contributed by atoms with van der Waals surface area (Å²) in [5, 5.41) is 33.8. The predicted octanol–water partition coefficient (Wildman–Crippen LogP) is 1.85. The molecule has 6 atom stereocenters. The number of phenolic OH excluding ortho intramolecular Hbond substituents is 1. The number of likely N-dealkylation sites (tertiary alicyclic amines) is 1. The number of rotatable bonds is 2. The van der Waals surface area contributed by atoms with Gasteiger partial charge in [-0.25, -0.2) is 0 Å². The summed E-state index contributed by atoms with van der Waals surface area (Å²) in [5.41, 5.74) is 0.505. The van der Waals surface area contributed by atoms with Gasteiger partial charge in [-0.1, -0.05) is 6.42 Å². The molecule has 146 valence electrons. The van der Waals surface area contributed by atoms with Crippen LogP contribution in [0.3, 0.4) is 0 Å². The number of aromatic hydroxyl groups is 1. The van der Waals surface area contributed by atoms with Crippen LogP contribution < -0.4 is 4.74 Å². The van der Waals surface area contributed by atoms with Gasteiger partial charge in [0.05, 0.1) is 31.7 Å². The van der Waals surface area contributed by atoms with Gasteiger partial charge in [0.2, 0.25) is 0 Å². The minimum Gasteiger partial charge on any atom is -0.508 e. The van der Waals surface area contributed by atoms with Crippen LogP contribution >= 0.6 is 0 Å². The van der Waals surface area contributed by atoms with Gasteiger partial charge >= 0.3 is 0 Å². The first-order chi connectivity index (χ1) is 12.9.